The lowest BCUT2D eigenvalue weighted by Gasteiger charge is -2.31. The fraction of sp³-hybridized carbons (Fsp3) is 0.633. The monoisotopic (exact) mass is 562 g/mol. The Hall–Kier alpha value is -3.27. The van der Waals surface area contributed by atoms with E-state index in [1.165, 1.54) is 6.08 Å². The Labute approximate surface area is 238 Å². The molecule has 2 rings (SSSR count). The quantitative estimate of drug-likeness (QED) is 0.196. The number of benzene rings is 1. The molecular weight excluding hydrogens is 516 g/mol. The summed E-state index contributed by atoms with van der Waals surface area (Å²) in [5.41, 5.74) is -0.167. The zero-order valence-electron chi connectivity index (χ0n) is 25.2. The fourth-order valence-electron chi connectivity index (χ4n) is 4.43. The van der Waals surface area contributed by atoms with E-state index in [-0.39, 0.29) is 30.4 Å². The summed E-state index contributed by atoms with van der Waals surface area (Å²) >= 11 is 0. The van der Waals surface area contributed by atoms with Crippen LogP contribution >= 0.6 is 0 Å². The maximum atomic E-state index is 13.8. The van der Waals surface area contributed by atoms with E-state index in [9.17, 15) is 14.4 Å². The Balaban J connectivity index is 2.28. The number of hydrogen-bond acceptors (Lipinski definition) is 8. The van der Waals surface area contributed by atoms with Crippen molar-refractivity contribution in [3.8, 4) is 11.5 Å². The number of ether oxygens (including phenoxy) is 5. The predicted octanol–water partition coefficient (Wildman–Crippen LogP) is 4.56. The average molecular weight is 563 g/mol. The maximum Gasteiger partial charge on any atom is 0.410 e. The first-order valence-electron chi connectivity index (χ1n) is 13.8. The highest BCUT2D eigenvalue weighted by Crippen LogP contribution is 2.31. The van der Waals surface area contributed by atoms with Crippen molar-refractivity contribution >= 4 is 18.0 Å². The number of likely N-dealkylation sites (tertiary alicyclic amines) is 1. The molecule has 40 heavy (non-hydrogen) atoms. The number of hydrogen-bond donors (Lipinski definition) is 0. The summed E-state index contributed by atoms with van der Waals surface area (Å²) in [5.74, 6) is 0.140. The molecule has 0 spiro atoms. The van der Waals surface area contributed by atoms with E-state index in [0.717, 1.165) is 0 Å². The molecule has 1 aliphatic heterocycles. The van der Waals surface area contributed by atoms with Crippen LogP contribution in [0.1, 0.15) is 58.3 Å². The third kappa shape index (κ3) is 10.0. The van der Waals surface area contributed by atoms with Gasteiger partial charge in [0.2, 0.25) is 0 Å². The Morgan fingerprint density at radius 3 is 2.42 bits per heavy atom. The first-order valence-corrected chi connectivity index (χ1v) is 13.8. The molecular formula is C30H46N2O8. The van der Waals surface area contributed by atoms with Gasteiger partial charge in [-0.15, -0.1) is 0 Å². The van der Waals surface area contributed by atoms with E-state index in [2.05, 4.69) is 0 Å². The molecule has 2 amide bonds. The van der Waals surface area contributed by atoms with Crippen LogP contribution in [0.15, 0.2) is 30.4 Å². The average Bonchev–Trinajstić information content (AvgIpc) is 3.30. The van der Waals surface area contributed by atoms with Crippen LogP contribution in [-0.2, 0) is 19.0 Å². The Morgan fingerprint density at radius 1 is 1.10 bits per heavy atom. The molecule has 1 aliphatic rings. The van der Waals surface area contributed by atoms with Crippen molar-refractivity contribution in [1.82, 2.24) is 9.80 Å². The van der Waals surface area contributed by atoms with Gasteiger partial charge in [-0.1, -0.05) is 6.08 Å². The normalized spacial score (nSPS) is 17.3. The van der Waals surface area contributed by atoms with Gasteiger partial charge in [0.15, 0.2) is 11.5 Å². The van der Waals surface area contributed by atoms with E-state index in [4.69, 9.17) is 23.7 Å². The van der Waals surface area contributed by atoms with Crippen LogP contribution in [0.5, 0.6) is 11.5 Å². The van der Waals surface area contributed by atoms with Crippen LogP contribution in [-0.4, -0.2) is 93.1 Å². The van der Waals surface area contributed by atoms with Gasteiger partial charge in [0, 0.05) is 69.3 Å². The molecule has 0 N–H and O–H groups in total. The first kappa shape index (κ1) is 32.9. The Kier molecular flexibility index (Phi) is 12.8. The molecule has 1 aromatic carbocycles. The van der Waals surface area contributed by atoms with Crippen LogP contribution < -0.4 is 9.47 Å². The molecule has 1 heterocycles. The van der Waals surface area contributed by atoms with Gasteiger partial charge >= 0.3 is 12.1 Å². The van der Waals surface area contributed by atoms with Crippen molar-refractivity contribution in [2.75, 3.05) is 53.7 Å². The zero-order valence-corrected chi connectivity index (χ0v) is 25.2. The van der Waals surface area contributed by atoms with Crippen LogP contribution in [0.2, 0.25) is 0 Å². The highest BCUT2D eigenvalue weighted by molar-refractivity contribution is 5.95. The van der Waals surface area contributed by atoms with E-state index < -0.39 is 17.7 Å². The molecule has 0 bridgehead atoms. The topological polar surface area (TPSA) is 104 Å². The maximum absolute atomic E-state index is 13.8. The van der Waals surface area contributed by atoms with Gasteiger partial charge in [-0.2, -0.15) is 0 Å². The third-order valence-electron chi connectivity index (χ3n) is 6.39. The molecule has 10 heteroatoms. The van der Waals surface area contributed by atoms with Crippen molar-refractivity contribution < 1.29 is 38.1 Å². The Morgan fingerprint density at radius 2 is 1.82 bits per heavy atom. The molecule has 0 unspecified atom stereocenters. The standard InChI is InChI=1S/C30H46N2O8/c1-9-38-27(33)14-12-23-18-31(29(35)40-30(4,5)6)19-24(23)20-32(21(2)3)28(34)22-11-13-25(37-8)26(17-22)39-16-10-15-36-7/h11-14,17,21,23-24H,9-10,15-16,18-20H2,1-8H3/b14-12+/t23-,24+/m1/s1. The summed E-state index contributed by atoms with van der Waals surface area (Å²) in [6.07, 6.45) is 3.46. The van der Waals surface area contributed by atoms with Crippen molar-refractivity contribution in [2.45, 2.75) is 59.6 Å². The number of carbonyl (C=O) groups excluding carboxylic acids is 3. The minimum Gasteiger partial charge on any atom is -0.493 e. The summed E-state index contributed by atoms with van der Waals surface area (Å²) in [6.45, 7) is 13.5. The molecule has 0 aromatic heterocycles. The van der Waals surface area contributed by atoms with Crippen LogP contribution in [0.25, 0.3) is 0 Å². The lowest BCUT2D eigenvalue weighted by atomic mass is 9.94. The van der Waals surface area contributed by atoms with Crippen molar-refractivity contribution in [1.29, 1.82) is 0 Å². The number of nitrogens with zero attached hydrogens (tertiary/aromatic N) is 2. The van der Waals surface area contributed by atoms with Crippen molar-refractivity contribution in [3.05, 3.63) is 35.9 Å². The highest BCUT2D eigenvalue weighted by Gasteiger charge is 2.38. The van der Waals surface area contributed by atoms with Gasteiger partial charge in [0.25, 0.3) is 5.91 Å². The fourth-order valence-corrected chi connectivity index (χ4v) is 4.43. The first-order chi connectivity index (χ1) is 18.9. The lowest BCUT2D eigenvalue weighted by molar-refractivity contribution is -0.137. The SMILES string of the molecule is CCOC(=O)/C=C/[C@@H]1CN(C(=O)OC(C)(C)C)C[C@H]1CN(C(=O)c1ccc(OC)c(OCCCOC)c1)C(C)C. The van der Waals surface area contributed by atoms with Crippen LogP contribution in [0.3, 0.4) is 0 Å². The van der Waals surface area contributed by atoms with Crippen molar-refractivity contribution in [2.24, 2.45) is 11.8 Å². The van der Waals surface area contributed by atoms with Crippen LogP contribution in [0.4, 0.5) is 4.79 Å². The minimum absolute atomic E-state index is 0.118. The van der Waals surface area contributed by atoms with Crippen molar-refractivity contribution in [3.63, 3.8) is 0 Å². The summed E-state index contributed by atoms with van der Waals surface area (Å²) < 4.78 is 27.0. The van der Waals surface area contributed by atoms with Crippen LogP contribution in [0, 0.1) is 11.8 Å². The predicted molar refractivity (Wildman–Crippen MR) is 152 cm³/mol. The largest absolute Gasteiger partial charge is 0.493 e. The van der Waals surface area contributed by atoms with E-state index in [1.54, 1.807) is 55.2 Å². The number of amides is 2. The number of esters is 1. The molecule has 0 radical (unpaired) electrons. The second kappa shape index (κ2) is 15.5. The van der Waals surface area contributed by atoms with Gasteiger partial charge in [-0.05, 0) is 59.7 Å². The summed E-state index contributed by atoms with van der Waals surface area (Å²) in [6, 6.07) is 5.02. The number of methoxy groups -OCH3 is 2. The molecule has 224 valence electrons. The highest BCUT2D eigenvalue weighted by atomic mass is 16.6. The van der Waals surface area contributed by atoms with E-state index >= 15 is 0 Å². The van der Waals surface area contributed by atoms with Gasteiger partial charge in [0.1, 0.15) is 5.60 Å². The lowest BCUT2D eigenvalue weighted by Crippen LogP contribution is -2.42. The Bertz CT molecular complexity index is 1020. The molecule has 0 saturated carbocycles. The molecule has 1 fully saturated rings. The molecule has 2 atom stereocenters. The molecule has 1 aromatic rings. The van der Waals surface area contributed by atoms with E-state index in [1.807, 2.05) is 34.6 Å². The summed E-state index contributed by atoms with van der Waals surface area (Å²) in [7, 11) is 3.19. The molecule has 0 aliphatic carbocycles. The molecule has 10 nitrogen and oxygen atoms in total. The second-order valence-electron chi connectivity index (χ2n) is 11.0. The minimum atomic E-state index is -0.636. The zero-order chi connectivity index (χ0) is 29.9. The molecule has 1 saturated heterocycles. The van der Waals surface area contributed by atoms with Gasteiger partial charge in [-0.25, -0.2) is 9.59 Å². The summed E-state index contributed by atoms with van der Waals surface area (Å²) in [4.78, 5) is 42.1. The van der Waals surface area contributed by atoms with Gasteiger partial charge < -0.3 is 33.5 Å². The van der Waals surface area contributed by atoms with Gasteiger partial charge in [0.05, 0.1) is 20.3 Å². The van der Waals surface area contributed by atoms with Gasteiger partial charge in [-0.3, -0.25) is 4.79 Å². The number of carbonyl (C=O) groups is 3. The van der Waals surface area contributed by atoms with E-state index in [0.29, 0.717) is 56.3 Å². The second-order valence-corrected chi connectivity index (χ2v) is 11.0. The third-order valence-corrected chi connectivity index (χ3v) is 6.39. The number of rotatable bonds is 13. The summed E-state index contributed by atoms with van der Waals surface area (Å²) in [5, 5.41) is 0. The smallest absolute Gasteiger partial charge is 0.410 e.